The van der Waals surface area contributed by atoms with Gasteiger partial charge in [-0.3, -0.25) is 14.5 Å². The van der Waals surface area contributed by atoms with E-state index >= 15 is 0 Å². The number of thiophene rings is 1. The van der Waals surface area contributed by atoms with Crippen LogP contribution in [0.25, 0.3) is 0 Å². The molecule has 0 amide bonds. The van der Waals surface area contributed by atoms with E-state index in [1.54, 1.807) is 19.9 Å². The van der Waals surface area contributed by atoms with E-state index < -0.39 is 47.1 Å². The molecule has 3 aromatic rings. The van der Waals surface area contributed by atoms with Gasteiger partial charge in [0.05, 0.1) is 24.7 Å². The van der Waals surface area contributed by atoms with Crippen molar-refractivity contribution in [3.63, 3.8) is 0 Å². The number of carbonyl (C=O) groups is 3. The van der Waals surface area contributed by atoms with Crippen molar-refractivity contribution in [1.29, 1.82) is 0 Å². The SMILES string of the molecule is CCOC(=O)C1=C(N)N(c2ccc(F)cc2)C2=C(C(=O)C(C(=O)OCC)C(c3cccs3)C2)C1c1cccc(F)c1. The largest absolute Gasteiger partial charge is 0.465 e. The summed E-state index contributed by atoms with van der Waals surface area (Å²) in [5, 5.41) is 1.85. The van der Waals surface area contributed by atoms with Crippen molar-refractivity contribution in [1.82, 2.24) is 0 Å². The number of nitrogens with zero attached hydrogens (tertiary/aromatic N) is 1. The molecular weight excluding hydrogens is 550 g/mol. The van der Waals surface area contributed by atoms with Gasteiger partial charge in [0.15, 0.2) is 5.78 Å². The van der Waals surface area contributed by atoms with E-state index in [9.17, 15) is 23.2 Å². The first-order valence-corrected chi connectivity index (χ1v) is 14.1. The number of allylic oxidation sites excluding steroid dienone is 2. The summed E-state index contributed by atoms with van der Waals surface area (Å²) < 4.78 is 39.2. The smallest absolute Gasteiger partial charge is 0.338 e. The Labute approximate surface area is 239 Å². The number of hydrogen-bond donors (Lipinski definition) is 1. The van der Waals surface area contributed by atoms with Gasteiger partial charge in [0, 0.05) is 27.8 Å². The molecule has 0 saturated carbocycles. The first-order valence-electron chi connectivity index (χ1n) is 13.2. The van der Waals surface area contributed by atoms with Gasteiger partial charge in [0.25, 0.3) is 0 Å². The van der Waals surface area contributed by atoms with Crippen molar-refractivity contribution in [3.8, 4) is 0 Å². The first-order chi connectivity index (χ1) is 19.8. The molecule has 3 atom stereocenters. The Bertz CT molecular complexity index is 1550. The molecule has 5 rings (SSSR count). The number of anilines is 1. The van der Waals surface area contributed by atoms with Crippen molar-refractivity contribution in [2.45, 2.75) is 32.1 Å². The van der Waals surface area contributed by atoms with Gasteiger partial charge in [0.1, 0.15) is 23.4 Å². The standard InChI is InChI=1S/C31H28F2N2O5S/c1-3-39-30(37)25-21(23-9-6-14-41-23)16-22-26(28(25)36)24(17-7-5-8-19(33)15-17)27(31(38)40-4-2)29(34)35(22)20-12-10-18(32)11-13-20/h5-15,21,24-25H,3-4,16,34H2,1-2H3. The van der Waals surface area contributed by atoms with Crippen LogP contribution in [0.1, 0.15) is 42.5 Å². The fourth-order valence-corrected chi connectivity index (χ4v) is 6.48. The zero-order chi connectivity index (χ0) is 29.3. The molecule has 2 aromatic carbocycles. The first kappa shape index (κ1) is 28.2. The van der Waals surface area contributed by atoms with Crippen LogP contribution in [-0.2, 0) is 23.9 Å². The molecule has 1 aliphatic heterocycles. The van der Waals surface area contributed by atoms with Crippen LogP contribution in [0.4, 0.5) is 14.5 Å². The Kier molecular flexibility index (Phi) is 8.03. The summed E-state index contributed by atoms with van der Waals surface area (Å²) >= 11 is 1.40. The van der Waals surface area contributed by atoms with Crippen molar-refractivity contribution < 1.29 is 32.6 Å². The highest BCUT2D eigenvalue weighted by Crippen LogP contribution is 2.52. The Morgan fingerprint density at radius 3 is 2.37 bits per heavy atom. The molecule has 0 radical (unpaired) electrons. The number of hydrogen-bond acceptors (Lipinski definition) is 8. The maximum Gasteiger partial charge on any atom is 0.338 e. The number of halogens is 2. The molecule has 2 aliphatic rings. The lowest BCUT2D eigenvalue weighted by atomic mass is 9.68. The lowest BCUT2D eigenvalue weighted by Crippen LogP contribution is -2.46. The van der Waals surface area contributed by atoms with Crippen LogP contribution >= 0.6 is 11.3 Å². The second kappa shape index (κ2) is 11.7. The molecule has 10 heteroatoms. The fraction of sp³-hybridized carbons (Fsp3) is 0.258. The van der Waals surface area contributed by atoms with Crippen LogP contribution in [0.2, 0.25) is 0 Å². The predicted octanol–water partition coefficient (Wildman–Crippen LogP) is 5.55. The van der Waals surface area contributed by atoms with E-state index in [4.69, 9.17) is 15.2 Å². The molecule has 212 valence electrons. The monoisotopic (exact) mass is 578 g/mol. The number of ether oxygens (including phenoxy) is 2. The highest BCUT2D eigenvalue weighted by atomic mass is 32.1. The molecule has 1 aromatic heterocycles. The van der Waals surface area contributed by atoms with Gasteiger partial charge in [0.2, 0.25) is 0 Å². The van der Waals surface area contributed by atoms with Crippen LogP contribution in [0.3, 0.4) is 0 Å². The molecule has 7 nitrogen and oxygen atoms in total. The van der Waals surface area contributed by atoms with Gasteiger partial charge < -0.3 is 15.2 Å². The van der Waals surface area contributed by atoms with Gasteiger partial charge in [-0.25, -0.2) is 13.6 Å². The van der Waals surface area contributed by atoms with Crippen molar-refractivity contribution in [3.05, 3.63) is 111 Å². The number of ketones is 1. The molecule has 0 fully saturated rings. The summed E-state index contributed by atoms with van der Waals surface area (Å²) in [6.07, 6.45) is 0.172. The van der Waals surface area contributed by atoms with Gasteiger partial charge in [-0.05, 0) is 73.7 Å². The van der Waals surface area contributed by atoms with Crippen LogP contribution in [0.15, 0.2) is 88.7 Å². The minimum atomic E-state index is -1.21. The Hall–Kier alpha value is -4.31. The highest BCUT2D eigenvalue weighted by Gasteiger charge is 2.51. The number of benzene rings is 2. The summed E-state index contributed by atoms with van der Waals surface area (Å²) in [4.78, 5) is 43.7. The van der Waals surface area contributed by atoms with Crippen LogP contribution < -0.4 is 10.6 Å². The average molecular weight is 579 g/mol. The van der Waals surface area contributed by atoms with E-state index in [2.05, 4.69) is 0 Å². The lowest BCUT2D eigenvalue weighted by molar-refractivity contribution is -0.152. The maximum absolute atomic E-state index is 14.6. The second-order valence-corrected chi connectivity index (χ2v) is 10.6. The van der Waals surface area contributed by atoms with Crippen molar-refractivity contribution in [2.24, 2.45) is 11.7 Å². The Morgan fingerprint density at radius 1 is 1.00 bits per heavy atom. The Morgan fingerprint density at radius 2 is 1.73 bits per heavy atom. The number of Topliss-reactive ketones (excluding diaryl/α,β-unsaturated/α-hetero) is 1. The van der Waals surface area contributed by atoms with E-state index in [-0.39, 0.29) is 36.6 Å². The third-order valence-corrected chi connectivity index (χ3v) is 8.25. The molecule has 41 heavy (non-hydrogen) atoms. The molecule has 0 saturated heterocycles. The molecular formula is C31H28F2N2O5S. The van der Waals surface area contributed by atoms with E-state index in [1.807, 2.05) is 17.5 Å². The molecule has 0 spiro atoms. The number of rotatable bonds is 7. The highest BCUT2D eigenvalue weighted by molar-refractivity contribution is 7.10. The van der Waals surface area contributed by atoms with Gasteiger partial charge in [-0.2, -0.15) is 0 Å². The van der Waals surface area contributed by atoms with Crippen LogP contribution in [-0.4, -0.2) is 30.9 Å². The molecule has 2 heterocycles. The van der Waals surface area contributed by atoms with Gasteiger partial charge >= 0.3 is 11.9 Å². The zero-order valence-electron chi connectivity index (χ0n) is 22.4. The third-order valence-electron chi connectivity index (χ3n) is 7.25. The van der Waals surface area contributed by atoms with Gasteiger partial charge in [-0.1, -0.05) is 18.2 Å². The maximum atomic E-state index is 14.6. The number of carbonyl (C=O) groups excluding carboxylic acids is 3. The summed E-state index contributed by atoms with van der Waals surface area (Å²) in [6, 6.07) is 14.7. The number of esters is 2. The topological polar surface area (TPSA) is 98.9 Å². The predicted molar refractivity (Wildman–Crippen MR) is 150 cm³/mol. The van der Waals surface area contributed by atoms with Crippen LogP contribution in [0, 0.1) is 17.6 Å². The van der Waals surface area contributed by atoms with Gasteiger partial charge in [-0.15, -0.1) is 11.3 Å². The minimum Gasteiger partial charge on any atom is -0.465 e. The molecule has 3 unspecified atom stereocenters. The average Bonchev–Trinajstić information content (AvgIpc) is 3.48. The fourth-order valence-electron chi connectivity index (χ4n) is 5.61. The molecule has 1 aliphatic carbocycles. The van der Waals surface area contributed by atoms with Crippen molar-refractivity contribution in [2.75, 3.05) is 18.1 Å². The molecule has 2 N–H and O–H groups in total. The second-order valence-electron chi connectivity index (χ2n) is 9.60. The van der Waals surface area contributed by atoms with Crippen LogP contribution in [0.5, 0.6) is 0 Å². The van der Waals surface area contributed by atoms with E-state index in [0.717, 1.165) is 4.88 Å². The van der Waals surface area contributed by atoms with Crippen molar-refractivity contribution >= 4 is 34.7 Å². The minimum absolute atomic E-state index is 0.0216. The Balaban J connectivity index is 1.82. The third kappa shape index (κ3) is 5.15. The quantitative estimate of drug-likeness (QED) is 0.290. The van der Waals surface area contributed by atoms with E-state index in [0.29, 0.717) is 16.9 Å². The molecule has 0 bridgehead atoms. The normalized spacial score (nSPS) is 20.6. The summed E-state index contributed by atoms with van der Waals surface area (Å²) in [5.74, 6) is -6.04. The lowest BCUT2D eigenvalue weighted by Gasteiger charge is -2.43. The van der Waals surface area contributed by atoms with E-state index in [1.165, 1.54) is 58.7 Å². The summed E-state index contributed by atoms with van der Waals surface area (Å²) in [6.45, 7) is 3.38. The summed E-state index contributed by atoms with van der Waals surface area (Å²) in [7, 11) is 0. The summed E-state index contributed by atoms with van der Waals surface area (Å²) in [5.41, 5.74) is 7.90. The number of nitrogens with two attached hydrogens (primary N) is 1. The zero-order valence-corrected chi connectivity index (χ0v) is 23.3.